The van der Waals surface area contributed by atoms with Crippen LogP contribution in [0.5, 0.6) is 11.5 Å². The predicted molar refractivity (Wildman–Crippen MR) is 82.6 cm³/mol. The van der Waals surface area contributed by atoms with E-state index in [2.05, 4.69) is 4.99 Å². The fourth-order valence-electron chi connectivity index (χ4n) is 1.51. The molecule has 1 aromatic carbocycles. The van der Waals surface area contributed by atoms with E-state index in [1.807, 2.05) is 0 Å². The van der Waals surface area contributed by atoms with E-state index in [0.29, 0.717) is 36.1 Å². The highest BCUT2D eigenvalue weighted by Gasteiger charge is 2.16. The van der Waals surface area contributed by atoms with Gasteiger partial charge >= 0.3 is 5.97 Å². The van der Waals surface area contributed by atoms with E-state index in [-0.39, 0.29) is 5.56 Å². The van der Waals surface area contributed by atoms with E-state index in [0.717, 1.165) is 0 Å². The first-order chi connectivity index (χ1) is 9.99. The fraction of sp³-hybridized carbons (Fsp3) is 0.429. The van der Waals surface area contributed by atoms with Gasteiger partial charge in [0.15, 0.2) is 11.5 Å². The second-order valence-electron chi connectivity index (χ2n) is 4.42. The van der Waals surface area contributed by atoms with Crippen molar-refractivity contribution >= 4 is 29.6 Å². The molecule has 0 unspecified atom stereocenters. The summed E-state index contributed by atoms with van der Waals surface area (Å²) in [6, 6.07) is 2.96. The molecule has 21 heavy (non-hydrogen) atoms. The third kappa shape index (κ3) is 5.15. The Morgan fingerprint density at radius 1 is 1.43 bits per heavy atom. The molecule has 0 bridgehead atoms. The van der Waals surface area contributed by atoms with Crippen LogP contribution in [-0.4, -0.2) is 56.0 Å². The van der Waals surface area contributed by atoms with Crippen molar-refractivity contribution in [2.75, 3.05) is 33.7 Å². The number of carbonyl (C=O) groups is 1. The van der Waals surface area contributed by atoms with Crippen LogP contribution < -0.4 is 9.47 Å². The number of aliphatic imine (C=N–C) groups is 1. The van der Waals surface area contributed by atoms with E-state index in [9.17, 15) is 9.90 Å². The van der Waals surface area contributed by atoms with Crippen molar-refractivity contribution in [1.29, 1.82) is 0 Å². The minimum absolute atomic E-state index is 0.0507. The largest absolute Gasteiger partial charge is 0.493 e. The summed E-state index contributed by atoms with van der Waals surface area (Å²) in [4.78, 5) is 17.2. The predicted octanol–water partition coefficient (Wildman–Crippen LogP) is 2.62. The molecule has 0 saturated heterocycles. The molecule has 116 valence electrons. The molecule has 0 atom stereocenters. The molecular formula is C14H19ClN2O4. The third-order valence-electron chi connectivity index (χ3n) is 2.48. The highest BCUT2D eigenvalue weighted by molar-refractivity contribution is 6.17. The molecule has 0 amide bonds. The molecule has 1 aromatic rings. The van der Waals surface area contributed by atoms with Gasteiger partial charge in [0.1, 0.15) is 0 Å². The highest BCUT2D eigenvalue weighted by Crippen LogP contribution is 2.35. The van der Waals surface area contributed by atoms with Gasteiger partial charge in [-0.15, -0.1) is 11.6 Å². The number of carboxylic acid groups (broad SMARTS) is 1. The standard InChI is InChI=1S/C14H19ClN2O4/c1-17(2)9-16-11-8-12(20-3)13(21-6-4-5-15)7-10(11)14(18)19/h7-9H,4-6H2,1-3H3,(H,18,19)/b16-9+. The Balaban J connectivity index is 3.17. The molecule has 0 aromatic heterocycles. The van der Waals surface area contributed by atoms with E-state index in [1.165, 1.54) is 19.5 Å². The normalized spacial score (nSPS) is 10.7. The van der Waals surface area contributed by atoms with Crippen LogP contribution in [0.25, 0.3) is 0 Å². The second kappa shape index (κ2) is 8.36. The summed E-state index contributed by atoms with van der Waals surface area (Å²) in [5.41, 5.74) is 0.354. The summed E-state index contributed by atoms with van der Waals surface area (Å²) in [5.74, 6) is 0.189. The lowest BCUT2D eigenvalue weighted by Gasteiger charge is -2.13. The number of rotatable bonds is 8. The summed E-state index contributed by atoms with van der Waals surface area (Å²) in [6.07, 6.45) is 2.18. The Hall–Kier alpha value is -1.95. The van der Waals surface area contributed by atoms with Crippen LogP contribution in [0.1, 0.15) is 16.8 Å². The Morgan fingerprint density at radius 3 is 2.67 bits per heavy atom. The van der Waals surface area contributed by atoms with Crippen molar-refractivity contribution in [2.45, 2.75) is 6.42 Å². The van der Waals surface area contributed by atoms with Crippen LogP contribution in [0.2, 0.25) is 0 Å². The van der Waals surface area contributed by atoms with Crippen molar-refractivity contribution in [3.63, 3.8) is 0 Å². The molecule has 0 saturated carbocycles. The maximum atomic E-state index is 11.3. The Bertz CT molecular complexity index is 518. The van der Waals surface area contributed by atoms with E-state index in [4.69, 9.17) is 21.1 Å². The molecule has 0 radical (unpaired) electrons. The topological polar surface area (TPSA) is 71.4 Å². The van der Waals surface area contributed by atoms with Crippen molar-refractivity contribution in [3.05, 3.63) is 17.7 Å². The number of hydrogen-bond acceptors (Lipinski definition) is 4. The summed E-state index contributed by atoms with van der Waals surface area (Å²) in [7, 11) is 5.08. The number of hydrogen-bond donors (Lipinski definition) is 1. The monoisotopic (exact) mass is 314 g/mol. The van der Waals surface area contributed by atoms with Crippen molar-refractivity contribution in [1.82, 2.24) is 4.90 Å². The Kier molecular flexibility index (Phi) is 6.81. The quantitative estimate of drug-likeness (QED) is 0.346. The molecule has 0 heterocycles. The van der Waals surface area contributed by atoms with Gasteiger partial charge in [-0.3, -0.25) is 0 Å². The van der Waals surface area contributed by atoms with Crippen LogP contribution in [0, 0.1) is 0 Å². The average molecular weight is 315 g/mol. The van der Waals surface area contributed by atoms with Crippen molar-refractivity contribution < 1.29 is 19.4 Å². The fourth-order valence-corrected chi connectivity index (χ4v) is 1.62. The first-order valence-corrected chi connectivity index (χ1v) is 6.87. The number of aromatic carboxylic acids is 1. The maximum Gasteiger partial charge on any atom is 0.338 e. The van der Waals surface area contributed by atoms with Crippen molar-refractivity contribution in [2.24, 2.45) is 4.99 Å². The molecule has 0 fully saturated rings. The molecule has 0 aliphatic heterocycles. The lowest BCUT2D eigenvalue weighted by molar-refractivity contribution is 0.0697. The average Bonchev–Trinajstić information content (AvgIpc) is 2.45. The van der Waals surface area contributed by atoms with E-state index in [1.54, 1.807) is 25.1 Å². The van der Waals surface area contributed by atoms with Gasteiger partial charge in [-0.2, -0.15) is 0 Å². The minimum Gasteiger partial charge on any atom is -0.493 e. The molecule has 1 rings (SSSR count). The smallest absolute Gasteiger partial charge is 0.338 e. The van der Waals surface area contributed by atoms with Gasteiger partial charge in [0.05, 0.1) is 31.3 Å². The first kappa shape index (κ1) is 17.1. The Morgan fingerprint density at radius 2 is 2.14 bits per heavy atom. The van der Waals surface area contributed by atoms with Gasteiger partial charge in [-0.1, -0.05) is 0 Å². The number of alkyl halides is 1. The van der Waals surface area contributed by atoms with Crippen LogP contribution in [0.3, 0.4) is 0 Å². The van der Waals surface area contributed by atoms with E-state index >= 15 is 0 Å². The number of carboxylic acids is 1. The number of halogens is 1. The summed E-state index contributed by atoms with van der Waals surface area (Å²) in [5, 5.41) is 9.29. The number of methoxy groups -OCH3 is 1. The molecule has 0 spiro atoms. The lowest BCUT2D eigenvalue weighted by Crippen LogP contribution is -2.08. The molecular weight excluding hydrogens is 296 g/mol. The minimum atomic E-state index is -1.08. The van der Waals surface area contributed by atoms with Gasteiger partial charge < -0.3 is 19.5 Å². The zero-order valence-electron chi connectivity index (χ0n) is 12.3. The van der Waals surface area contributed by atoms with Crippen molar-refractivity contribution in [3.8, 4) is 11.5 Å². The zero-order chi connectivity index (χ0) is 15.8. The number of ether oxygens (including phenoxy) is 2. The lowest BCUT2D eigenvalue weighted by atomic mass is 10.1. The van der Waals surface area contributed by atoms with Crippen LogP contribution >= 0.6 is 11.6 Å². The van der Waals surface area contributed by atoms with Gasteiger partial charge in [-0.25, -0.2) is 9.79 Å². The van der Waals surface area contributed by atoms with Gasteiger partial charge in [-0.05, 0) is 6.42 Å². The summed E-state index contributed by atoms with van der Waals surface area (Å²) < 4.78 is 10.7. The zero-order valence-corrected chi connectivity index (χ0v) is 13.1. The van der Waals surface area contributed by atoms with Gasteiger partial charge in [0, 0.05) is 32.1 Å². The summed E-state index contributed by atoms with van der Waals surface area (Å²) in [6.45, 7) is 0.388. The highest BCUT2D eigenvalue weighted by atomic mass is 35.5. The number of benzene rings is 1. The van der Waals surface area contributed by atoms with Gasteiger partial charge in [0.25, 0.3) is 0 Å². The SMILES string of the molecule is COc1cc(/N=C/N(C)C)c(C(=O)O)cc1OCCCCl. The molecule has 1 N–H and O–H groups in total. The second-order valence-corrected chi connectivity index (χ2v) is 4.80. The third-order valence-corrected chi connectivity index (χ3v) is 2.74. The molecule has 0 aliphatic rings. The first-order valence-electron chi connectivity index (χ1n) is 6.34. The molecule has 7 heteroatoms. The summed E-state index contributed by atoms with van der Waals surface area (Å²) >= 11 is 5.59. The van der Waals surface area contributed by atoms with Crippen LogP contribution in [0.15, 0.2) is 17.1 Å². The van der Waals surface area contributed by atoms with Gasteiger partial charge in [0.2, 0.25) is 0 Å². The van der Waals surface area contributed by atoms with Crippen LogP contribution in [-0.2, 0) is 0 Å². The van der Waals surface area contributed by atoms with Crippen LogP contribution in [0.4, 0.5) is 5.69 Å². The maximum absolute atomic E-state index is 11.3. The van der Waals surface area contributed by atoms with E-state index < -0.39 is 5.97 Å². The molecule has 6 nitrogen and oxygen atoms in total. The number of nitrogens with zero attached hydrogens (tertiary/aromatic N) is 2. The Labute approximate surface area is 128 Å². The molecule has 0 aliphatic carbocycles.